The lowest BCUT2D eigenvalue weighted by atomic mass is 10.0. The molecule has 7 heteroatoms. The van der Waals surface area contributed by atoms with E-state index in [0.29, 0.717) is 17.5 Å². The molecule has 1 fully saturated rings. The third kappa shape index (κ3) is 3.64. The standard InChI is InChI=1S/C20H21FN4O2/c21-15-5-6-16(19(22)26)14(13-15)7-8-24-9-11-25(12-10-24)20-17-3-1-2-4-18(17)27-23-20/h1-6,13H,7-12H2,(H2,22,26). The van der Waals surface area contributed by atoms with Crippen LogP contribution in [0.5, 0.6) is 0 Å². The number of piperazine rings is 1. The first-order valence-electron chi connectivity index (χ1n) is 9.02. The van der Waals surface area contributed by atoms with E-state index < -0.39 is 5.91 Å². The van der Waals surface area contributed by atoms with E-state index in [4.69, 9.17) is 10.3 Å². The maximum absolute atomic E-state index is 13.5. The van der Waals surface area contributed by atoms with Gasteiger partial charge >= 0.3 is 0 Å². The molecule has 2 N–H and O–H groups in total. The van der Waals surface area contributed by atoms with E-state index in [1.807, 2.05) is 24.3 Å². The molecule has 0 unspecified atom stereocenters. The molecule has 2 heterocycles. The molecule has 1 aliphatic heterocycles. The van der Waals surface area contributed by atoms with E-state index in [9.17, 15) is 9.18 Å². The number of primary amides is 1. The summed E-state index contributed by atoms with van der Waals surface area (Å²) in [7, 11) is 0. The number of benzene rings is 2. The average molecular weight is 368 g/mol. The van der Waals surface area contributed by atoms with Crippen LogP contribution in [0.2, 0.25) is 0 Å². The summed E-state index contributed by atoms with van der Waals surface area (Å²) in [4.78, 5) is 16.1. The molecule has 1 aliphatic rings. The monoisotopic (exact) mass is 368 g/mol. The van der Waals surface area contributed by atoms with Crippen LogP contribution in [0.1, 0.15) is 15.9 Å². The Morgan fingerprint density at radius 1 is 1.15 bits per heavy atom. The number of fused-ring (bicyclic) bond motifs is 1. The van der Waals surface area contributed by atoms with Gasteiger partial charge in [0.1, 0.15) is 5.82 Å². The van der Waals surface area contributed by atoms with E-state index in [2.05, 4.69) is 15.0 Å². The van der Waals surface area contributed by atoms with E-state index >= 15 is 0 Å². The minimum atomic E-state index is -0.521. The molecule has 0 atom stereocenters. The topological polar surface area (TPSA) is 75.6 Å². The van der Waals surface area contributed by atoms with Gasteiger partial charge in [-0.05, 0) is 42.3 Å². The SMILES string of the molecule is NC(=O)c1ccc(F)cc1CCN1CCN(c2noc3ccccc23)CC1. The second-order valence-corrected chi connectivity index (χ2v) is 6.75. The fourth-order valence-electron chi connectivity index (χ4n) is 3.57. The lowest BCUT2D eigenvalue weighted by molar-refractivity contribution is 0.0999. The predicted octanol–water partition coefficient (Wildman–Crippen LogP) is 2.43. The van der Waals surface area contributed by atoms with Gasteiger partial charge in [-0.1, -0.05) is 17.3 Å². The van der Waals surface area contributed by atoms with Crippen molar-refractivity contribution in [3.8, 4) is 0 Å². The number of hydrogen-bond donors (Lipinski definition) is 1. The van der Waals surface area contributed by atoms with E-state index in [1.54, 1.807) is 0 Å². The molecule has 1 aromatic heterocycles. The van der Waals surface area contributed by atoms with Crippen molar-refractivity contribution in [1.29, 1.82) is 0 Å². The van der Waals surface area contributed by atoms with Gasteiger partial charge in [-0.3, -0.25) is 9.69 Å². The van der Waals surface area contributed by atoms with Crippen LogP contribution in [0.25, 0.3) is 11.0 Å². The first kappa shape index (κ1) is 17.5. The summed E-state index contributed by atoms with van der Waals surface area (Å²) < 4.78 is 18.9. The Morgan fingerprint density at radius 2 is 1.93 bits per heavy atom. The summed E-state index contributed by atoms with van der Waals surface area (Å²) >= 11 is 0. The minimum absolute atomic E-state index is 0.349. The number of halogens is 1. The highest BCUT2D eigenvalue weighted by atomic mass is 19.1. The number of nitrogens with two attached hydrogens (primary N) is 1. The van der Waals surface area contributed by atoms with Crippen LogP contribution in [0.4, 0.5) is 10.2 Å². The predicted molar refractivity (Wildman–Crippen MR) is 101 cm³/mol. The molecule has 0 radical (unpaired) electrons. The van der Waals surface area contributed by atoms with Gasteiger partial charge in [0.15, 0.2) is 11.4 Å². The molecule has 0 saturated carbocycles. The molecular formula is C20H21FN4O2. The van der Waals surface area contributed by atoms with Crippen LogP contribution in [0.3, 0.4) is 0 Å². The van der Waals surface area contributed by atoms with Crippen molar-refractivity contribution in [2.45, 2.75) is 6.42 Å². The first-order valence-corrected chi connectivity index (χ1v) is 9.02. The summed E-state index contributed by atoms with van der Waals surface area (Å²) in [5.41, 5.74) is 7.24. The van der Waals surface area contributed by atoms with Crippen molar-refractivity contribution in [2.75, 3.05) is 37.6 Å². The number of rotatable bonds is 5. The number of anilines is 1. The highest BCUT2D eigenvalue weighted by Gasteiger charge is 2.21. The van der Waals surface area contributed by atoms with Gasteiger partial charge in [-0.25, -0.2) is 4.39 Å². The third-order valence-corrected chi connectivity index (χ3v) is 5.06. The fourth-order valence-corrected chi connectivity index (χ4v) is 3.57. The Bertz CT molecular complexity index is 964. The first-order chi connectivity index (χ1) is 13.1. The lowest BCUT2D eigenvalue weighted by Crippen LogP contribution is -2.47. The van der Waals surface area contributed by atoms with Gasteiger partial charge in [-0.2, -0.15) is 0 Å². The van der Waals surface area contributed by atoms with Crippen molar-refractivity contribution in [3.63, 3.8) is 0 Å². The highest BCUT2D eigenvalue weighted by molar-refractivity contribution is 5.94. The van der Waals surface area contributed by atoms with Gasteiger partial charge in [-0.15, -0.1) is 0 Å². The number of carbonyl (C=O) groups excluding carboxylic acids is 1. The number of amides is 1. The second kappa shape index (κ2) is 7.36. The lowest BCUT2D eigenvalue weighted by Gasteiger charge is -2.34. The zero-order valence-electron chi connectivity index (χ0n) is 14.9. The molecular weight excluding hydrogens is 347 g/mol. The maximum atomic E-state index is 13.5. The van der Waals surface area contributed by atoms with Crippen LogP contribution >= 0.6 is 0 Å². The van der Waals surface area contributed by atoms with E-state index in [-0.39, 0.29) is 5.82 Å². The Morgan fingerprint density at radius 3 is 2.70 bits per heavy atom. The maximum Gasteiger partial charge on any atom is 0.248 e. The average Bonchev–Trinajstić information content (AvgIpc) is 3.11. The minimum Gasteiger partial charge on any atom is -0.366 e. The zero-order chi connectivity index (χ0) is 18.8. The molecule has 0 bridgehead atoms. The van der Waals surface area contributed by atoms with Crippen molar-refractivity contribution in [3.05, 3.63) is 59.4 Å². The van der Waals surface area contributed by atoms with Crippen molar-refractivity contribution >= 4 is 22.7 Å². The van der Waals surface area contributed by atoms with Crippen molar-refractivity contribution < 1.29 is 13.7 Å². The van der Waals surface area contributed by atoms with E-state index in [1.165, 1.54) is 18.2 Å². The van der Waals surface area contributed by atoms with Gasteiger partial charge in [0.05, 0.1) is 5.39 Å². The van der Waals surface area contributed by atoms with Gasteiger partial charge in [0.25, 0.3) is 0 Å². The molecule has 0 spiro atoms. The number of hydrogen-bond acceptors (Lipinski definition) is 5. The third-order valence-electron chi connectivity index (χ3n) is 5.06. The Kier molecular flexibility index (Phi) is 4.77. The summed E-state index contributed by atoms with van der Waals surface area (Å²) in [6.45, 7) is 4.15. The summed E-state index contributed by atoms with van der Waals surface area (Å²) in [6, 6.07) is 12.0. The highest BCUT2D eigenvalue weighted by Crippen LogP contribution is 2.26. The van der Waals surface area contributed by atoms with Crippen LogP contribution in [-0.2, 0) is 6.42 Å². The number of carbonyl (C=O) groups is 1. The molecule has 2 aromatic carbocycles. The summed E-state index contributed by atoms with van der Waals surface area (Å²) in [5.74, 6) is 0.0110. The molecule has 3 aromatic rings. The van der Waals surface area contributed by atoms with Crippen LogP contribution in [0, 0.1) is 5.82 Å². The van der Waals surface area contributed by atoms with E-state index in [0.717, 1.165) is 49.5 Å². The molecule has 4 rings (SSSR count). The second-order valence-electron chi connectivity index (χ2n) is 6.75. The molecule has 1 amide bonds. The molecule has 0 aliphatic carbocycles. The number of para-hydroxylation sites is 1. The Balaban J connectivity index is 1.38. The van der Waals surface area contributed by atoms with Crippen LogP contribution in [0.15, 0.2) is 47.0 Å². The fraction of sp³-hybridized carbons (Fsp3) is 0.300. The molecule has 27 heavy (non-hydrogen) atoms. The largest absolute Gasteiger partial charge is 0.366 e. The number of nitrogens with zero attached hydrogens (tertiary/aromatic N) is 3. The molecule has 6 nitrogen and oxygen atoms in total. The Hall–Kier alpha value is -2.93. The Labute approximate surface area is 156 Å². The van der Waals surface area contributed by atoms with Crippen LogP contribution < -0.4 is 10.6 Å². The molecule has 1 saturated heterocycles. The van der Waals surface area contributed by atoms with Gasteiger partial charge in [0.2, 0.25) is 5.91 Å². The normalized spacial score (nSPS) is 15.4. The summed E-state index contributed by atoms with van der Waals surface area (Å²) in [6.07, 6.45) is 0.586. The van der Waals surface area contributed by atoms with Crippen molar-refractivity contribution in [2.24, 2.45) is 5.73 Å². The molecule has 140 valence electrons. The quantitative estimate of drug-likeness (QED) is 0.749. The summed E-state index contributed by atoms with van der Waals surface area (Å²) in [5, 5.41) is 5.24. The number of aromatic nitrogens is 1. The van der Waals surface area contributed by atoms with Gasteiger partial charge in [0, 0.05) is 38.3 Å². The smallest absolute Gasteiger partial charge is 0.248 e. The zero-order valence-corrected chi connectivity index (χ0v) is 14.9. The van der Waals surface area contributed by atoms with Gasteiger partial charge < -0.3 is 15.2 Å². The van der Waals surface area contributed by atoms with Crippen molar-refractivity contribution in [1.82, 2.24) is 10.1 Å². The van der Waals surface area contributed by atoms with Crippen LogP contribution in [-0.4, -0.2) is 48.7 Å².